The van der Waals surface area contributed by atoms with Crippen LogP contribution in [0.25, 0.3) is 11.0 Å². The molecule has 3 heterocycles. The molecule has 1 saturated heterocycles. The molecule has 2 aromatic carbocycles. The number of rotatable bonds is 7. The normalized spacial score (nSPS) is 15.6. The van der Waals surface area contributed by atoms with Crippen molar-refractivity contribution < 1.29 is 9.59 Å². The molecule has 0 bridgehead atoms. The van der Waals surface area contributed by atoms with Gasteiger partial charge in [-0.2, -0.15) is 5.10 Å². The molecule has 0 aliphatic carbocycles. The molecule has 10 heteroatoms. The van der Waals surface area contributed by atoms with E-state index in [9.17, 15) is 14.4 Å². The van der Waals surface area contributed by atoms with Crippen LogP contribution >= 0.6 is 11.6 Å². The SMILES string of the molecule is Cc1cccc(Cn2cnc3c(cnn3CCNC(=O)C3CC(=O)N(c4ccc(Cl)cc4)C3)c2=O)c1. The molecule has 5 rings (SSSR count). The van der Waals surface area contributed by atoms with E-state index in [1.54, 1.807) is 38.4 Å². The van der Waals surface area contributed by atoms with Gasteiger partial charge in [0.25, 0.3) is 5.56 Å². The van der Waals surface area contributed by atoms with E-state index >= 15 is 0 Å². The second-order valence-corrected chi connectivity index (χ2v) is 9.38. The Morgan fingerprint density at radius 1 is 1.17 bits per heavy atom. The van der Waals surface area contributed by atoms with Crippen LogP contribution in [-0.2, 0) is 22.7 Å². The first-order valence-electron chi connectivity index (χ1n) is 11.7. The summed E-state index contributed by atoms with van der Waals surface area (Å²) in [7, 11) is 0. The Labute approximate surface area is 212 Å². The van der Waals surface area contributed by atoms with Gasteiger partial charge in [-0.15, -0.1) is 0 Å². The second-order valence-electron chi connectivity index (χ2n) is 8.94. The molecule has 1 fully saturated rings. The third-order valence-electron chi connectivity index (χ3n) is 6.31. The van der Waals surface area contributed by atoms with Crippen molar-refractivity contribution in [1.82, 2.24) is 24.6 Å². The zero-order chi connectivity index (χ0) is 25.2. The Hall–Kier alpha value is -3.98. The highest BCUT2D eigenvalue weighted by Gasteiger charge is 2.35. The summed E-state index contributed by atoms with van der Waals surface area (Å²) in [5.74, 6) is -0.721. The number of nitrogens with zero attached hydrogens (tertiary/aromatic N) is 5. The van der Waals surface area contributed by atoms with Gasteiger partial charge in [0.1, 0.15) is 11.7 Å². The number of halogens is 1. The molecular weight excluding hydrogens is 480 g/mol. The average Bonchev–Trinajstić information content (AvgIpc) is 3.45. The zero-order valence-corrected chi connectivity index (χ0v) is 20.5. The van der Waals surface area contributed by atoms with Crippen molar-refractivity contribution in [1.29, 1.82) is 0 Å². The van der Waals surface area contributed by atoms with Crippen molar-refractivity contribution in [2.45, 2.75) is 26.4 Å². The number of amides is 2. The highest BCUT2D eigenvalue weighted by molar-refractivity contribution is 6.30. The third-order valence-corrected chi connectivity index (χ3v) is 6.57. The lowest BCUT2D eigenvalue weighted by molar-refractivity contribution is -0.126. The van der Waals surface area contributed by atoms with E-state index in [2.05, 4.69) is 15.4 Å². The number of carbonyl (C=O) groups is 2. The standard InChI is InChI=1S/C26H25ClN6O3/c1-17-3-2-4-18(11-17)14-31-16-29-24-22(26(31)36)13-30-33(24)10-9-28-25(35)19-12-23(34)32(15-19)21-7-5-20(27)6-8-21/h2-8,11,13,16,19H,9-10,12,14-15H2,1H3,(H,28,35). The number of fused-ring (bicyclic) bond motifs is 1. The molecular formula is C26H25ClN6O3. The van der Waals surface area contributed by atoms with Crippen molar-refractivity contribution in [2.24, 2.45) is 5.92 Å². The van der Waals surface area contributed by atoms with Crippen LogP contribution in [0, 0.1) is 12.8 Å². The maximum Gasteiger partial charge on any atom is 0.264 e. The predicted octanol–water partition coefficient (Wildman–Crippen LogP) is 2.77. The summed E-state index contributed by atoms with van der Waals surface area (Å²) in [5, 5.41) is 8.20. The van der Waals surface area contributed by atoms with Crippen LogP contribution < -0.4 is 15.8 Å². The summed E-state index contributed by atoms with van der Waals surface area (Å²) in [6.45, 7) is 3.41. The number of hydrogen-bond acceptors (Lipinski definition) is 5. The molecule has 1 unspecified atom stereocenters. The minimum atomic E-state index is -0.436. The molecule has 1 atom stereocenters. The number of benzene rings is 2. The minimum absolute atomic E-state index is 0.0957. The molecule has 36 heavy (non-hydrogen) atoms. The number of anilines is 1. The summed E-state index contributed by atoms with van der Waals surface area (Å²) in [6.07, 6.45) is 3.19. The van der Waals surface area contributed by atoms with Gasteiger partial charge >= 0.3 is 0 Å². The van der Waals surface area contributed by atoms with E-state index in [0.717, 1.165) is 16.8 Å². The molecule has 184 valence electrons. The van der Waals surface area contributed by atoms with Crippen LogP contribution in [0.5, 0.6) is 0 Å². The third kappa shape index (κ3) is 4.87. The number of aromatic nitrogens is 4. The average molecular weight is 505 g/mol. The van der Waals surface area contributed by atoms with Gasteiger partial charge in [0.05, 0.1) is 25.2 Å². The van der Waals surface area contributed by atoms with Gasteiger partial charge < -0.3 is 10.2 Å². The lowest BCUT2D eigenvalue weighted by atomic mass is 10.1. The molecule has 1 aliphatic rings. The van der Waals surface area contributed by atoms with Crippen LogP contribution in [0.3, 0.4) is 0 Å². The quantitative estimate of drug-likeness (QED) is 0.417. The Morgan fingerprint density at radius 2 is 1.97 bits per heavy atom. The minimum Gasteiger partial charge on any atom is -0.354 e. The number of nitrogens with one attached hydrogen (secondary N) is 1. The summed E-state index contributed by atoms with van der Waals surface area (Å²) in [5.41, 5.74) is 3.18. The first-order valence-corrected chi connectivity index (χ1v) is 12.1. The van der Waals surface area contributed by atoms with E-state index in [0.29, 0.717) is 42.2 Å². The molecule has 4 aromatic rings. The Morgan fingerprint density at radius 3 is 2.75 bits per heavy atom. The zero-order valence-electron chi connectivity index (χ0n) is 19.7. The van der Waals surface area contributed by atoms with Crippen molar-refractivity contribution in [3.05, 3.63) is 87.6 Å². The number of hydrogen-bond donors (Lipinski definition) is 1. The van der Waals surface area contributed by atoms with Crippen molar-refractivity contribution >= 4 is 40.1 Å². The van der Waals surface area contributed by atoms with E-state index < -0.39 is 5.92 Å². The predicted molar refractivity (Wildman–Crippen MR) is 137 cm³/mol. The lowest BCUT2D eigenvalue weighted by Gasteiger charge is -2.16. The van der Waals surface area contributed by atoms with E-state index in [1.165, 1.54) is 12.5 Å². The summed E-state index contributed by atoms with van der Waals surface area (Å²) < 4.78 is 3.17. The fourth-order valence-corrected chi connectivity index (χ4v) is 4.59. The maximum atomic E-state index is 12.9. The Balaban J connectivity index is 1.20. The first kappa shape index (κ1) is 23.7. The van der Waals surface area contributed by atoms with Gasteiger partial charge in [-0.1, -0.05) is 41.4 Å². The van der Waals surface area contributed by atoms with Crippen LogP contribution in [0.1, 0.15) is 17.5 Å². The largest absolute Gasteiger partial charge is 0.354 e. The molecule has 0 spiro atoms. The summed E-state index contributed by atoms with van der Waals surface area (Å²) in [6, 6.07) is 15.0. The second kappa shape index (κ2) is 9.94. The monoisotopic (exact) mass is 504 g/mol. The summed E-state index contributed by atoms with van der Waals surface area (Å²) in [4.78, 5) is 44.1. The number of aryl methyl sites for hydroxylation is 1. The summed E-state index contributed by atoms with van der Waals surface area (Å²) >= 11 is 5.93. The lowest BCUT2D eigenvalue weighted by Crippen LogP contribution is -2.35. The molecule has 9 nitrogen and oxygen atoms in total. The Kier molecular flexibility index (Phi) is 6.56. The fourth-order valence-electron chi connectivity index (χ4n) is 4.46. The van der Waals surface area contributed by atoms with Crippen molar-refractivity contribution in [3.8, 4) is 0 Å². The highest BCUT2D eigenvalue weighted by atomic mass is 35.5. The molecule has 1 N–H and O–H groups in total. The van der Waals surface area contributed by atoms with Crippen molar-refractivity contribution in [3.63, 3.8) is 0 Å². The molecule has 0 saturated carbocycles. The highest BCUT2D eigenvalue weighted by Crippen LogP contribution is 2.26. The van der Waals surface area contributed by atoms with Gasteiger partial charge in [-0.3, -0.25) is 19.0 Å². The Bertz CT molecular complexity index is 1490. The number of carbonyl (C=O) groups excluding carboxylic acids is 2. The smallest absolute Gasteiger partial charge is 0.264 e. The topological polar surface area (TPSA) is 102 Å². The molecule has 2 amide bonds. The van der Waals surface area contributed by atoms with Crippen molar-refractivity contribution in [2.75, 3.05) is 18.0 Å². The maximum absolute atomic E-state index is 12.9. The fraction of sp³-hybridized carbons (Fsp3) is 0.269. The molecule has 1 aliphatic heterocycles. The van der Waals surface area contributed by atoms with Gasteiger partial charge in [0.2, 0.25) is 11.8 Å². The first-order chi connectivity index (χ1) is 17.4. The van der Waals surface area contributed by atoms with Gasteiger partial charge in [0, 0.05) is 30.2 Å². The van der Waals surface area contributed by atoms with Crippen LogP contribution in [-0.4, -0.2) is 44.2 Å². The van der Waals surface area contributed by atoms with E-state index in [4.69, 9.17) is 11.6 Å². The molecule has 0 radical (unpaired) electrons. The van der Waals surface area contributed by atoms with Gasteiger partial charge in [-0.05, 0) is 36.8 Å². The van der Waals surface area contributed by atoms with Gasteiger partial charge in [0.15, 0.2) is 5.65 Å². The van der Waals surface area contributed by atoms with Gasteiger partial charge in [-0.25, -0.2) is 9.67 Å². The van der Waals surface area contributed by atoms with Crippen LogP contribution in [0.4, 0.5) is 5.69 Å². The van der Waals surface area contributed by atoms with E-state index in [1.807, 2.05) is 31.2 Å². The van der Waals surface area contributed by atoms with Crippen LogP contribution in [0.2, 0.25) is 5.02 Å². The van der Waals surface area contributed by atoms with E-state index in [-0.39, 0.29) is 23.8 Å². The molecule has 2 aromatic heterocycles. The van der Waals surface area contributed by atoms with Crippen LogP contribution in [0.15, 0.2) is 65.8 Å².